The van der Waals surface area contributed by atoms with Gasteiger partial charge in [0.25, 0.3) is 0 Å². The second-order valence-corrected chi connectivity index (χ2v) is 3.84. The number of hydrogen-bond donors (Lipinski definition) is 3. The number of amides is 2. The number of carbonyl (C=O) groups is 2. The third kappa shape index (κ3) is 6.90. The summed E-state index contributed by atoms with van der Waals surface area (Å²) in [6, 6.07) is -0.404. The predicted octanol–water partition coefficient (Wildman–Crippen LogP) is -0.245. The fourth-order valence-electron chi connectivity index (χ4n) is 1.05. The van der Waals surface area contributed by atoms with E-state index in [1.807, 2.05) is 13.8 Å². The van der Waals surface area contributed by atoms with Crippen molar-refractivity contribution < 1.29 is 9.59 Å². The smallest absolute Gasteiger partial charge is 0.242 e. The lowest BCUT2D eigenvalue weighted by Gasteiger charge is -2.15. The van der Waals surface area contributed by atoms with E-state index >= 15 is 0 Å². The zero-order valence-corrected chi connectivity index (χ0v) is 9.67. The van der Waals surface area contributed by atoms with Gasteiger partial charge in [0.1, 0.15) is 6.04 Å². The Labute approximate surface area is 90.8 Å². The van der Waals surface area contributed by atoms with E-state index in [-0.39, 0.29) is 17.9 Å². The van der Waals surface area contributed by atoms with Crippen LogP contribution in [0.5, 0.6) is 0 Å². The van der Waals surface area contributed by atoms with Gasteiger partial charge in [0.2, 0.25) is 11.8 Å². The molecule has 5 heteroatoms. The van der Waals surface area contributed by atoms with E-state index in [1.165, 1.54) is 0 Å². The summed E-state index contributed by atoms with van der Waals surface area (Å²) >= 11 is 0. The van der Waals surface area contributed by atoms with Crippen molar-refractivity contribution in [3.63, 3.8) is 0 Å². The lowest BCUT2D eigenvalue weighted by Crippen LogP contribution is -2.46. The number of carbonyl (C=O) groups excluding carboxylic acids is 2. The van der Waals surface area contributed by atoms with Crippen molar-refractivity contribution in [2.45, 2.75) is 45.7 Å². The van der Waals surface area contributed by atoms with Gasteiger partial charge < -0.3 is 16.4 Å². The van der Waals surface area contributed by atoms with Crippen LogP contribution < -0.4 is 16.4 Å². The molecule has 0 radical (unpaired) electrons. The quantitative estimate of drug-likeness (QED) is 0.571. The summed E-state index contributed by atoms with van der Waals surface area (Å²) in [5.74, 6) is -0.294. The number of rotatable bonds is 6. The summed E-state index contributed by atoms with van der Waals surface area (Å²) < 4.78 is 0. The summed E-state index contributed by atoms with van der Waals surface area (Å²) in [4.78, 5) is 22.7. The molecule has 4 N–H and O–H groups in total. The minimum Gasteiger partial charge on any atom is -0.352 e. The van der Waals surface area contributed by atoms with E-state index in [2.05, 4.69) is 10.6 Å². The molecule has 0 aromatic heterocycles. The van der Waals surface area contributed by atoms with Crippen molar-refractivity contribution in [1.82, 2.24) is 10.6 Å². The van der Waals surface area contributed by atoms with Crippen LogP contribution in [0.15, 0.2) is 0 Å². The molecule has 0 saturated heterocycles. The molecule has 2 amide bonds. The Hall–Kier alpha value is -1.10. The second kappa shape index (κ2) is 7.23. The Morgan fingerprint density at radius 1 is 1.20 bits per heavy atom. The standard InChI is InChI=1S/C10H21N3O2/c1-7(2)12-10(15)8(3)13-9(14)5-4-6-11/h7-8H,4-6,11H2,1-3H3,(H,12,15)(H,13,14). The maximum atomic E-state index is 11.4. The minimum atomic E-state index is -0.488. The monoisotopic (exact) mass is 215 g/mol. The van der Waals surface area contributed by atoms with Crippen LogP contribution in [0, 0.1) is 0 Å². The molecule has 0 aliphatic rings. The molecule has 0 saturated carbocycles. The normalized spacial score (nSPS) is 12.3. The summed E-state index contributed by atoms with van der Waals surface area (Å²) in [5.41, 5.74) is 5.27. The first-order chi connectivity index (χ1) is 6.97. The van der Waals surface area contributed by atoms with E-state index < -0.39 is 6.04 Å². The van der Waals surface area contributed by atoms with Crippen molar-refractivity contribution in [2.24, 2.45) is 5.73 Å². The molecule has 0 aliphatic heterocycles. The molecule has 0 bridgehead atoms. The molecule has 0 rings (SSSR count). The highest BCUT2D eigenvalue weighted by atomic mass is 16.2. The first kappa shape index (κ1) is 13.9. The Bertz CT molecular complexity index is 217. The van der Waals surface area contributed by atoms with Gasteiger partial charge in [-0.2, -0.15) is 0 Å². The van der Waals surface area contributed by atoms with Crippen LogP contribution >= 0.6 is 0 Å². The van der Waals surface area contributed by atoms with E-state index in [1.54, 1.807) is 6.92 Å². The molecule has 1 unspecified atom stereocenters. The summed E-state index contributed by atoms with van der Waals surface area (Å²) in [5, 5.41) is 5.34. The fraction of sp³-hybridized carbons (Fsp3) is 0.800. The Morgan fingerprint density at radius 3 is 2.27 bits per heavy atom. The Morgan fingerprint density at radius 2 is 1.80 bits per heavy atom. The van der Waals surface area contributed by atoms with Crippen molar-refractivity contribution in [3.8, 4) is 0 Å². The first-order valence-corrected chi connectivity index (χ1v) is 5.27. The Kier molecular flexibility index (Phi) is 6.70. The zero-order valence-electron chi connectivity index (χ0n) is 9.67. The summed E-state index contributed by atoms with van der Waals surface area (Å²) in [6.07, 6.45) is 1.01. The van der Waals surface area contributed by atoms with Crippen LogP contribution in [-0.2, 0) is 9.59 Å². The molecule has 0 aromatic carbocycles. The molecule has 0 fully saturated rings. The van der Waals surface area contributed by atoms with Crippen LogP contribution in [-0.4, -0.2) is 30.4 Å². The van der Waals surface area contributed by atoms with E-state index in [9.17, 15) is 9.59 Å². The second-order valence-electron chi connectivity index (χ2n) is 3.84. The molecular weight excluding hydrogens is 194 g/mol. The predicted molar refractivity (Wildman–Crippen MR) is 59.2 cm³/mol. The van der Waals surface area contributed by atoms with E-state index in [0.717, 1.165) is 0 Å². The van der Waals surface area contributed by atoms with Gasteiger partial charge in [-0.05, 0) is 33.7 Å². The van der Waals surface area contributed by atoms with Crippen LogP contribution in [0.3, 0.4) is 0 Å². The third-order valence-corrected chi connectivity index (χ3v) is 1.81. The summed E-state index contributed by atoms with van der Waals surface area (Å²) in [6.45, 7) is 5.90. The zero-order chi connectivity index (χ0) is 11.8. The van der Waals surface area contributed by atoms with Crippen molar-refractivity contribution >= 4 is 11.8 Å². The molecule has 5 nitrogen and oxygen atoms in total. The maximum absolute atomic E-state index is 11.4. The molecule has 0 spiro atoms. The molecule has 88 valence electrons. The van der Waals surface area contributed by atoms with E-state index in [0.29, 0.717) is 19.4 Å². The number of hydrogen-bond acceptors (Lipinski definition) is 3. The fourth-order valence-corrected chi connectivity index (χ4v) is 1.05. The van der Waals surface area contributed by atoms with Gasteiger partial charge in [-0.15, -0.1) is 0 Å². The van der Waals surface area contributed by atoms with Gasteiger partial charge in [0.05, 0.1) is 0 Å². The first-order valence-electron chi connectivity index (χ1n) is 5.27. The number of nitrogens with one attached hydrogen (secondary N) is 2. The van der Waals surface area contributed by atoms with Gasteiger partial charge in [-0.3, -0.25) is 9.59 Å². The van der Waals surface area contributed by atoms with Crippen LogP contribution in [0.2, 0.25) is 0 Å². The maximum Gasteiger partial charge on any atom is 0.242 e. The SMILES string of the molecule is CC(C)NC(=O)C(C)NC(=O)CCCN. The Balaban J connectivity index is 3.85. The molecule has 0 heterocycles. The lowest BCUT2D eigenvalue weighted by molar-refractivity contribution is -0.128. The van der Waals surface area contributed by atoms with Crippen LogP contribution in [0.1, 0.15) is 33.6 Å². The molecule has 1 atom stereocenters. The average molecular weight is 215 g/mol. The average Bonchev–Trinajstić information content (AvgIpc) is 2.13. The van der Waals surface area contributed by atoms with Crippen molar-refractivity contribution in [3.05, 3.63) is 0 Å². The summed E-state index contributed by atoms with van der Waals surface area (Å²) in [7, 11) is 0. The molecule has 0 aromatic rings. The van der Waals surface area contributed by atoms with Gasteiger partial charge in [0, 0.05) is 12.5 Å². The molecular formula is C10H21N3O2. The van der Waals surface area contributed by atoms with Gasteiger partial charge in [0.15, 0.2) is 0 Å². The van der Waals surface area contributed by atoms with Crippen molar-refractivity contribution in [2.75, 3.05) is 6.54 Å². The topological polar surface area (TPSA) is 84.2 Å². The van der Waals surface area contributed by atoms with Gasteiger partial charge >= 0.3 is 0 Å². The minimum absolute atomic E-state index is 0.0842. The highest BCUT2D eigenvalue weighted by molar-refractivity contribution is 5.87. The van der Waals surface area contributed by atoms with Gasteiger partial charge in [-0.1, -0.05) is 0 Å². The highest BCUT2D eigenvalue weighted by Crippen LogP contribution is 1.90. The highest BCUT2D eigenvalue weighted by Gasteiger charge is 2.15. The largest absolute Gasteiger partial charge is 0.352 e. The van der Waals surface area contributed by atoms with Gasteiger partial charge in [-0.25, -0.2) is 0 Å². The number of nitrogens with two attached hydrogens (primary N) is 1. The lowest BCUT2D eigenvalue weighted by atomic mass is 10.2. The van der Waals surface area contributed by atoms with Crippen molar-refractivity contribution in [1.29, 1.82) is 0 Å². The third-order valence-electron chi connectivity index (χ3n) is 1.81. The molecule has 15 heavy (non-hydrogen) atoms. The molecule has 0 aliphatic carbocycles. The van der Waals surface area contributed by atoms with Crippen LogP contribution in [0.25, 0.3) is 0 Å². The van der Waals surface area contributed by atoms with Crippen LogP contribution in [0.4, 0.5) is 0 Å². The van der Waals surface area contributed by atoms with E-state index in [4.69, 9.17) is 5.73 Å².